The first kappa shape index (κ1) is 12.0. The minimum absolute atomic E-state index is 0.260. The van der Waals surface area contributed by atoms with E-state index < -0.39 is 5.97 Å². The molecule has 0 aliphatic heterocycles. The third-order valence-corrected chi connectivity index (χ3v) is 3.55. The Morgan fingerprint density at radius 1 is 1.41 bits per heavy atom. The van der Waals surface area contributed by atoms with Gasteiger partial charge in [-0.15, -0.1) is 11.8 Å². The fraction of sp³-hybridized carbons (Fsp3) is 0.333. The van der Waals surface area contributed by atoms with Gasteiger partial charge in [-0.2, -0.15) is 0 Å². The highest BCUT2D eigenvalue weighted by atomic mass is 32.2. The van der Waals surface area contributed by atoms with E-state index in [1.54, 1.807) is 18.0 Å². The molecule has 17 heavy (non-hydrogen) atoms. The standard InChI is InChI=1S/C12H14N2O2S/c15-12(16)6-1-2-9-17-11-5-3-4-10-13-7-8-14(10)11/h3-5,7-8H,1-2,6,9H2,(H,15,16). The molecule has 0 atom stereocenters. The quantitative estimate of drug-likeness (QED) is 0.632. The number of carboxylic acids is 1. The number of nitrogens with zero attached hydrogens (tertiary/aromatic N) is 2. The van der Waals surface area contributed by atoms with E-state index in [0.717, 1.165) is 29.3 Å². The lowest BCUT2D eigenvalue weighted by Gasteiger charge is -2.04. The van der Waals surface area contributed by atoms with Gasteiger partial charge in [0.1, 0.15) is 5.65 Å². The van der Waals surface area contributed by atoms with Gasteiger partial charge in [-0.05, 0) is 30.7 Å². The summed E-state index contributed by atoms with van der Waals surface area (Å²) < 4.78 is 2.04. The number of carbonyl (C=O) groups is 1. The van der Waals surface area contributed by atoms with E-state index in [2.05, 4.69) is 11.1 Å². The van der Waals surface area contributed by atoms with Crippen LogP contribution >= 0.6 is 11.8 Å². The lowest BCUT2D eigenvalue weighted by Crippen LogP contribution is -1.95. The van der Waals surface area contributed by atoms with Crippen molar-refractivity contribution in [1.82, 2.24) is 9.38 Å². The van der Waals surface area contributed by atoms with Gasteiger partial charge in [-0.25, -0.2) is 4.98 Å². The van der Waals surface area contributed by atoms with Crippen LogP contribution in [0.4, 0.5) is 0 Å². The van der Waals surface area contributed by atoms with Crippen LogP contribution in [0.5, 0.6) is 0 Å². The van der Waals surface area contributed by atoms with E-state index in [4.69, 9.17) is 5.11 Å². The second-order valence-corrected chi connectivity index (χ2v) is 4.83. The van der Waals surface area contributed by atoms with Gasteiger partial charge in [-0.3, -0.25) is 9.20 Å². The van der Waals surface area contributed by atoms with Crippen LogP contribution in [0.15, 0.2) is 35.6 Å². The van der Waals surface area contributed by atoms with Gasteiger partial charge in [0.25, 0.3) is 0 Å². The molecule has 4 nitrogen and oxygen atoms in total. The SMILES string of the molecule is O=C(O)CCCCSc1cccc2nccn12. The molecule has 2 aromatic heterocycles. The number of hydrogen-bond acceptors (Lipinski definition) is 3. The van der Waals surface area contributed by atoms with Gasteiger partial charge in [0.05, 0.1) is 5.03 Å². The number of rotatable bonds is 6. The van der Waals surface area contributed by atoms with Crippen LogP contribution in [0.1, 0.15) is 19.3 Å². The van der Waals surface area contributed by atoms with Gasteiger partial charge >= 0.3 is 5.97 Å². The van der Waals surface area contributed by atoms with Crippen molar-refractivity contribution in [3.63, 3.8) is 0 Å². The Morgan fingerprint density at radius 3 is 3.12 bits per heavy atom. The Kier molecular flexibility index (Phi) is 4.03. The summed E-state index contributed by atoms with van der Waals surface area (Å²) in [6, 6.07) is 6.01. The fourth-order valence-corrected chi connectivity index (χ4v) is 2.62. The van der Waals surface area contributed by atoms with Crippen molar-refractivity contribution < 1.29 is 9.90 Å². The lowest BCUT2D eigenvalue weighted by molar-refractivity contribution is -0.137. The van der Waals surface area contributed by atoms with Gasteiger partial charge in [0.2, 0.25) is 0 Å². The molecular weight excluding hydrogens is 236 g/mol. The average Bonchev–Trinajstić information content (AvgIpc) is 2.77. The first-order valence-corrected chi connectivity index (χ1v) is 6.52. The van der Waals surface area contributed by atoms with E-state index in [1.807, 2.05) is 22.7 Å². The van der Waals surface area contributed by atoms with E-state index in [0.29, 0.717) is 0 Å². The van der Waals surface area contributed by atoms with Crippen LogP contribution in [-0.4, -0.2) is 26.2 Å². The first-order chi connectivity index (χ1) is 8.27. The molecule has 1 N–H and O–H groups in total. The van der Waals surface area contributed by atoms with E-state index in [9.17, 15) is 4.79 Å². The van der Waals surface area contributed by atoms with Crippen molar-refractivity contribution in [3.05, 3.63) is 30.6 Å². The Hall–Kier alpha value is -1.49. The number of thioether (sulfide) groups is 1. The first-order valence-electron chi connectivity index (χ1n) is 5.54. The average molecular weight is 250 g/mol. The Morgan fingerprint density at radius 2 is 2.29 bits per heavy atom. The summed E-state index contributed by atoms with van der Waals surface area (Å²) in [7, 11) is 0. The molecule has 0 amide bonds. The number of pyridine rings is 1. The monoisotopic (exact) mass is 250 g/mol. The van der Waals surface area contributed by atoms with Crippen LogP contribution in [0.2, 0.25) is 0 Å². The highest BCUT2D eigenvalue weighted by Gasteiger charge is 2.01. The summed E-state index contributed by atoms with van der Waals surface area (Å²) in [5.74, 6) is 0.219. The van der Waals surface area contributed by atoms with Crippen LogP contribution in [0, 0.1) is 0 Å². The third-order valence-electron chi connectivity index (χ3n) is 2.43. The molecule has 0 saturated carbocycles. The summed E-state index contributed by atoms with van der Waals surface area (Å²) in [5, 5.41) is 9.67. The molecule has 0 fully saturated rings. The fourth-order valence-electron chi connectivity index (χ4n) is 1.59. The van der Waals surface area contributed by atoms with Crippen LogP contribution in [0.3, 0.4) is 0 Å². The lowest BCUT2D eigenvalue weighted by atomic mass is 10.3. The summed E-state index contributed by atoms with van der Waals surface area (Å²) in [6.07, 6.45) is 5.64. The smallest absolute Gasteiger partial charge is 0.303 e. The highest BCUT2D eigenvalue weighted by molar-refractivity contribution is 7.99. The predicted octanol–water partition coefficient (Wildman–Crippen LogP) is 2.68. The maximum atomic E-state index is 10.4. The molecule has 2 rings (SSSR count). The molecular formula is C12H14N2O2S. The van der Waals surface area contributed by atoms with Crippen LogP contribution < -0.4 is 0 Å². The summed E-state index contributed by atoms with van der Waals surface area (Å²) in [6.45, 7) is 0. The van der Waals surface area contributed by atoms with Gasteiger partial charge in [0, 0.05) is 18.8 Å². The number of unbranched alkanes of at least 4 members (excludes halogenated alkanes) is 1. The largest absolute Gasteiger partial charge is 0.481 e. The van der Waals surface area contributed by atoms with Crippen molar-refractivity contribution in [2.75, 3.05) is 5.75 Å². The molecule has 2 heterocycles. The normalized spacial score (nSPS) is 10.8. The number of imidazole rings is 1. The number of carboxylic acid groups (broad SMARTS) is 1. The molecule has 2 aromatic rings. The van der Waals surface area contributed by atoms with Crippen molar-refractivity contribution in [3.8, 4) is 0 Å². The van der Waals surface area contributed by atoms with Crippen LogP contribution in [0.25, 0.3) is 5.65 Å². The minimum atomic E-state index is -0.716. The maximum absolute atomic E-state index is 10.4. The van der Waals surface area contributed by atoms with Gasteiger partial charge in [0.15, 0.2) is 0 Å². The molecule has 0 saturated heterocycles. The number of aliphatic carboxylic acids is 1. The molecule has 0 spiro atoms. The summed E-state index contributed by atoms with van der Waals surface area (Å²) in [4.78, 5) is 14.6. The Balaban J connectivity index is 1.86. The van der Waals surface area contributed by atoms with Gasteiger partial charge in [-0.1, -0.05) is 6.07 Å². The zero-order chi connectivity index (χ0) is 12.1. The Bertz CT molecular complexity index is 510. The van der Waals surface area contributed by atoms with Crippen LogP contribution in [-0.2, 0) is 4.79 Å². The molecule has 0 bridgehead atoms. The molecule has 5 heteroatoms. The number of fused-ring (bicyclic) bond motifs is 1. The van der Waals surface area contributed by atoms with Crippen molar-refractivity contribution in [2.24, 2.45) is 0 Å². The molecule has 0 unspecified atom stereocenters. The van der Waals surface area contributed by atoms with E-state index in [1.165, 1.54) is 0 Å². The zero-order valence-corrected chi connectivity index (χ0v) is 10.2. The minimum Gasteiger partial charge on any atom is -0.481 e. The predicted molar refractivity (Wildman–Crippen MR) is 67.4 cm³/mol. The van der Waals surface area contributed by atoms with E-state index in [-0.39, 0.29) is 6.42 Å². The molecule has 0 aliphatic rings. The van der Waals surface area contributed by atoms with E-state index >= 15 is 0 Å². The Labute approximate surface area is 104 Å². The van der Waals surface area contributed by atoms with Crippen molar-refractivity contribution in [1.29, 1.82) is 0 Å². The third kappa shape index (κ3) is 3.23. The van der Waals surface area contributed by atoms with Gasteiger partial charge < -0.3 is 5.11 Å². The summed E-state index contributed by atoms with van der Waals surface area (Å²) >= 11 is 1.74. The molecule has 0 aromatic carbocycles. The van der Waals surface area contributed by atoms with Crippen molar-refractivity contribution in [2.45, 2.75) is 24.3 Å². The maximum Gasteiger partial charge on any atom is 0.303 e. The van der Waals surface area contributed by atoms with Crippen molar-refractivity contribution >= 4 is 23.4 Å². The second-order valence-electron chi connectivity index (χ2n) is 3.72. The molecule has 0 aliphatic carbocycles. The summed E-state index contributed by atoms with van der Waals surface area (Å²) in [5.41, 5.74) is 0.945. The highest BCUT2D eigenvalue weighted by Crippen LogP contribution is 2.20. The number of hydrogen-bond donors (Lipinski definition) is 1. The topological polar surface area (TPSA) is 54.6 Å². The second kappa shape index (κ2) is 5.72. The molecule has 0 radical (unpaired) electrons. The number of aromatic nitrogens is 2. The molecule has 90 valence electrons. The zero-order valence-electron chi connectivity index (χ0n) is 9.37.